The van der Waals surface area contributed by atoms with Gasteiger partial charge in [-0.15, -0.1) is 12.4 Å². The number of aliphatic imine (C=N–C) groups is 1. The molecule has 0 radical (unpaired) electrons. The number of halogens is 1. The molecule has 1 aromatic rings. The van der Waals surface area contributed by atoms with Crippen molar-refractivity contribution in [1.29, 1.82) is 0 Å². The Kier molecular flexibility index (Phi) is 7.69. The van der Waals surface area contributed by atoms with Gasteiger partial charge in [0.15, 0.2) is 5.17 Å². The van der Waals surface area contributed by atoms with Gasteiger partial charge in [-0.3, -0.25) is 10.1 Å². The molecule has 2 rings (SSSR count). The highest BCUT2D eigenvalue weighted by Gasteiger charge is 2.36. The average molecular weight is 388 g/mol. The summed E-state index contributed by atoms with van der Waals surface area (Å²) < 4.78 is 4.89. The lowest BCUT2D eigenvalue weighted by Gasteiger charge is -2.25. The van der Waals surface area contributed by atoms with Crippen molar-refractivity contribution in [3.8, 4) is 0 Å². The predicted octanol–water partition coefficient (Wildman–Crippen LogP) is 3.56. The van der Waals surface area contributed by atoms with E-state index in [1.165, 1.54) is 31.0 Å². The second-order valence-corrected chi connectivity index (χ2v) is 7.01. The van der Waals surface area contributed by atoms with Crippen LogP contribution in [0.1, 0.15) is 19.4 Å². The lowest BCUT2D eigenvalue weighted by atomic mass is 10.2. The van der Waals surface area contributed by atoms with Crippen LogP contribution in [0.4, 0.5) is 11.4 Å². The molecule has 1 saturated heterocycles. The van der Waals surface area contributed by atoms with E-state index in [2.05, 4.69) is 18.8 Å². The number of carbonyl (C=O) groups excluding carboxylic acids is 1. The Balaban J connectivity index is 0.00000312. The number of esters is 1. The number of amidine groups is 1. The van der Waals surface area contributed by atoms with Crippen LogP contribution >= 0.6 is 24.2 Å². The number of rotatable bonds is 5. The van der Waals surface area contributed by atoms with Gasteiger partial charge in [-0.1, -0.05) is 25.6 Å². The number of hydrogen-bond acceptors (Lipinski definition) is 6. The highest BCUT2D eigenvalue weighted by molar-refractivity contribution is 8.14. The number of nitro groups is 1. The minimum Gasteiger partial charge on any atom is -0.467 e. The SMILES string of the molecule is COC(=O)C1CSC(=Nc2ccc([N+](=O)[O-])cc2C)N1CC(C)C.Cl. The molecule has 1 aliphatic heterocycles. The minimum atomic E-state index is -0.424. The van der Waals surface area contributed by atoms with Gasteiger partial charge in [0.25, 0.3) is 5.69 Å². The maximum atomic E-state index is 12.0. The first-order valence-electron chi connectivity index (χ1n) is 7.64. The van der Waals surface area contributed by atoms with Gasteiger partial charge < -0.3 is 9.64 Å². The van der Waals surface area contributed by atoms with Gasteiger partial charge in [-0.05, 0) is 24.5 Å². The monoisotopic (exact) mass is 387 g/mol. The third kappa shape index (κ3) is 5.09. The Morgan fingerprint density at radius 1 is 1.52 bits per heavy atom. The Labute approximate surface area is 157 Å². The van der Waals surface area contributed by atoms with Gasteiger partial charge in [0.05, 0.1) is 17.7 Å². The Bertz CT molecular complexity index is 681. The number of nitrogens with zero attached hydrogens (tertiary/aromatic N) is 3. The van der Waals surface area contributed by atoms with Crippen molar-refractivity contribution in [2.24, 2.45) is 10.9 Å². The highest BCUT2D eigenvalue weighted by Crippen LogP contribution is 2.31. The maximum Gasteiger partial charge on any atom is 0.329 e. The molecule has 1 aromatic carbocycles. The van der Waals surface area contributed by atoms with Crippen molar-refractivity contribution in [1.82, 2.24) is 4.90 Å². The van der Waals surface area contributed by atoms with Crippen molar-refractivity contribution in [2.45, 2.75) is 26.8 Å². The van der Waals surface area contributed by atoms with Crippen molar-refractivity contribution in [3.63, 3.8) is 0 Å². The third-order valence-corrected chi connectivity index (χ3v) is 4.70. The van der Waals surface area contributed by atoms with Crippen LogP contribution in [-0.4, -0.2) is 46.4 Å². The molecular weight excluding hydrogens is 366 g/mol. The quantitative estimate of drug-likeness (QED) is 0.436. The van der Waals surface area contributed by atoms with E-state index >= 15 is 0 Å². The summed E-state index contributed by atoms with van der Waals surface area (Å²) in [6.45, 7) is 6.63. The summed E-state index contributed by atoms with van der Waals surface area (Å²) in [6, 6.07) is 4.24. The van der Waals surface area contributed by atoms with E-state index in [0.29, 0.717) is 23.9 Å². The van der Waals surface area contributed by atoms with E-state index in [1.807, 2.05) is 4.90 Å². The summed E-state index contributed by atoms with van der Waals surface area (Å²) in [6.07, 6.45) is 0. The zero-order valence-electron chi connectivity index (χ0n) is 14.6. The summed E-state index contributed by atoms with van der Waals surface area (Å²) in [5.41, 5.74) is 1.44. The molecule has 7 nitrogen and oxygen atoms in total. The van der Waals surface area contributed by atoms with Crippen molar-refractivity contribution in [2.75, 3.05) is 19.4 Å². The first-order chi connectivity index (χ1) is 11.3. The number of aryl methyl sites for hydroxylation is 1. The van der Waals surface area contributed by atoms with E-state index < -0.39 is 4.92 Å². The number of non-ortho nitro benzene ring substituents is 1. The van der Waals surface area contributed by atoms with Gasteiger partial charge in [0.2, 0.25) is 0 Å². The van der Waals surface area contributed by atoms with Crippen LogP contribution < -0.4 is 0 Å². The molecule has 1 aliphatic rings. The van der Waals surface area contributed by atoms with Crippen molar-refractivity contribution >= 4 is 46.7 Å². The zero-order chi connectivity index (χ0) is 17.9. The van der Waals surface area contributed by atoms with Crippen LogP contribution in [0.15, 0.2) is 23.2 Å². The smallest absolute Gasteiger partial charge is 0.329 e. The number of carbonyl (C=O) groups is 1. The Morgan fingerprint density at radius 3 is 2.72 bits per heavy atom. The first kappa shape index (κ1) is 21.2. The van der Waals surface area contributed by atoms with Gasteiger partial charge >= 0.3 is 5.97 Å². The molecule has 0 bridgehead atoms. The fourth-order valence-electron chi connectivity index (χ4n) is 2.47. The lowest BCUT2D eigenvalue weighted by molar-refractivity contribution is -0.384. The maximum absolute atomic E-state index is 12.0. The average Bonchev–Trinajstić information content (AvgIpc) is 2.90. The molecule has 1 unspecified atom stereocenters. The molecule has 0 saturated carbocycles. The van der Waals surface area contributed by atoms with Crippen molar-refractivity contribution in [3.05, 3.63) is 33.9 Å². The number of methoxy groups -OCH3 is 1. The summed E-state index contributed by atoms with van der Waals surface area (Å²) in [5, 5.41) is 11.6. The molecule has 1 fully saturated rings. The van der Waals surface area contributed by atoms with Crippen LogP contribution in [0.2, 0.25) is 0 Å². The predicted molar refractivity (Wildman–Crippen MR) is 102 cm³/mol. The number of benzene rings is 1. The topological polar surface area (TPSA) is 85.0 Å². The van der Waals surface area contributed by atoms with Crippen LogP contribution in [-0.2, 0) is 9.53 Å². The summed E-state index contributed by atoms with van der Waals surface area (Å²) in [7, 11) is 1.39. The van der Waals surface area contributed by atoms with Crippen LogP contribution in [0.3, 0.4) is 0 Å². The highest BCUT2D eigenvalue weighted by atomic mass is 35.5. The van der Waals surface area contributed by atoms with E-state index in [0.717, 1.165) is 10.7 Å². The van der Waals surface area contributed by atoms with Crippen LogP contribution in [0.25, 0.3) is 0 Å². The van der Waals surface area contributed by atoms with E-state index in [1.54, 1.807) is 13.0 Å². The molecule has 0 spiro atoms. The molecule has 0 amide bonds. The molecule has 0 aromatic heterocycles. The van der Waals surface area contributed by atoms with Crippen LogP contribution in [0, 0.1) is 23.0 Å². The van der Waals surface area contributed by atoms with Gasteiger partial charge in [-0.25, -0.2) is 9.79 Å². The number of hydrogen-bond donors (Lipinski definition) is 0. The largest absolute Gasteiger partial charge is 0.467 e. The molecule has 138 valence electrons. The van der Waals surface area contributed by atoms with Crippen LogP contribution in [0.5, 0.6) is 0 Å². The fraction of sp³-hybridized carbons (Fsp3) is 0.500. The zero-order valence-corrected chi connectivity index (χ0v) is 16.2. The summed E-state index contributed by atoms with van der Waals surface area (Å²) >= 11 is 1.50. The Hall–Kier alpha value is -1.80. The first-order valence-corrected chi connectivity index (χ1v) is 8.63. The molecule has 0 N–H and O–H groups in total. The Morgan fingerprint density at radius 2 is 2.20 bits per heavy atom. The summed E-state index contributed by atoms with van der Waals surface area (Å²) in [5.74, 6) is 0.678. The molecular formula is C16H22ClN3O4S. The molecule has 1 atom stereocenters. The van der Waals surface area contributed by atoms with E-state index in [-0.39, 0.29) is 30.1 Å². The molecule has 1 heterocycles. The molecule has 0 aliphatic carbocycles. The number of thioether (sulfide) groups is 1. The van der Waals surface area contributed by atoms with Gasteiger partial charge in [-0.2, -0.15) is 0 Å². The van der Waals surface area contributed by atoms with Gasteiger partial charge in [0, 0.05) is 24.4 Å². The van der Waals surface area contributed by atoms with E-state index in [9.17, 15) is 14.9 Å². The second-order valence-electron chi connectivity index (χ2n) is 6.02. The van der Waals surface area contributed by atoms with Crippen molar-refractivity contribution < 1.29 is 14.5 Å². The third-order valence-electron chi connectivity index (χ3n) is 3.63. The standard InChI is InChI=1S/C16H21N3O4S.ClH/c1-10(2)8-18-14(15(20)23-4)9-24-16(18)17-13-6-5-12(19(21)22)7-11(13)3;/h5-7,10,14H,8-9H2,1-4H3;1H. The summed E-state index contributed by atoms with van der Waals surface area (Å²) in [4.78, 5) is 29.0. The second kappa shape index (κ2) is 9.05. The lowest BCUT2D eigenvalue weighted by Crippen LogP contribution is -2.42. The normalized spacial score (nSPS) is 18.4. The number of ether oxygens (including phenoxy) is 1. The fourth-order valence-corrected chi connectivity index (χ4v) is 3.62. The number of nitro benzene ring substituents is 1. The molecule has 9 heteroatoms. The minimum absolute atomic E-state index is 0. The van der Waals surface area contributed by atoms with Gasteiger partial charge in [0.1, 0.15) is 6.04 Å². The molecule has 25 heavy (non-hydrogen) atoms. The van der Waals surface area contributed by atoms with E-state index in [4.69, 9.17) is 4.74 Å².